The number of amides is 3. The first-order chi connectivity index (χ1) is 6.22. The van der Waals surface area contributed by atoms with E-state index in [-0.39, 0.29) is 5.88 Å². The van der Waals surface area contributed by atoms with Crippen molar-refractivity contribution in [1.82, 2.24) is 9.69 Å². The maximum Gasteiger partial charge on any atom is 0.325 e. The molecule has 13 heavy (non-hydrogen) atoms. The largest absolute Gasteiger partial charge is 0.325 e. The molecule has 0 saturated heterocycles. The van der Waals surface area contributed by atoms with Crippen molar-refractivity contribution in [1.29, 1.82) is 0 Å². The number of nitrogens with zero attached hydrogens (tertiary/aromatic N) is 1. The minimum absolute atomic E-state index is 0.241. The van der Waals surface area contributed by atoms with Gasteiger partial charge in [0.15, 0.2) is 0 Å². The van der Waals surface area contributed by atoms with Gasteiger partial charge in [0, 0.05) is 5.38 Å². The monoisotopic (exact) mass is 219 g/mol. The van der Waals surface area contributed by atoms with Crippen molar-refractivity contribution in [3.05, 3.63) is 11.6 Å². The maximum absolute atomic E-state index is 11.0. The fraction of sp³-hybridized carbons (Fsp3) is 0.167. The van der Waals surface area contributed by atoms with E-state index in [9.17, 15) is 9.59 Å². The standard InChI is InChI=1S/C6H6ClN3O2S/c7-1-5(11)10-6(12)9-4-2-8-13-3-4/h2-3H,1H2,(H2,9,10,11,12). The molecule has 1 rings (SSSR count). The van der Waals surface area contributed by atoms with Crippen molar-refractivity contribution < 1.29 is 9.59 Å². The van der Waals surface area contributed by atoms with Crippen molar-refractivity contribution in [2.24, 2.45) is 0 Å². The molecule has 0 aliphatic rings. The Bertz CT molecular complexity index is 301. The molecule has 0 aliphatic carbocycles. The second-order valence-electron chi connectivity index (χ2n) is 2.05. The van der Waals surface area contributed by atoms with Crippen LogP contribution in [0, 0.1) is 0 Å². The Hall–Kier alpha value is -1.14. The lowest BCUT2D eigenvalue weighted by Gasteiger charge is -2.01. The fourth-order valence-electron chi connectivity index (χ4n) is 0.589. The Morgan fingerprint density at radius 1 is 1.62 bits per heavy atom. The predicted octanol–water partition coefficient (Wildman–Crippen LogP) is 1.03. The van der Waals surface area contributed by atoms with E-state index in [1.54, 1.807) is 5.38 Å². The van der Waals surface area contributed by atoms with E-state index in [0.717, 1.165) is 0 Å². The summed E-state index contributed by atoms with van der Waals surface area (Å²) >= 11 is 6.38. The normalized spacial score (nSPS) is 9.31. The van der Waals surface area contributed by atoms with Crippen molar-refractivity contribution in [2.75, 3.05) is 11.2 Å². The molecule has 0 aromatic carbocycles. The zero-order valence-corrected chi connectivity index (χ0v) is 7.98. The summed E-state index contributed by atoms with van der Waals surface area (Å²) in [5.41, 5.74) is 0.546. The molecule has 0 radical (unpaired) electrons. The van der Waals surface area contributed by atoms with Gasteiger partial charge >= 0.3 is 6.03 Å². The number of alkyl halides is 1. The number of halogens is 1. The summed E-state index contributed by atoms with van der Waals surface area (Å²) < 4.78 is 3.76. The van der Waals surface area contributed by atoms with E-state index in [4.69, 9.17) is 11.6 Å². The average molecular weight is 220 g/mol. The molecule has 7 heteroatoms. The number of hydrogen-bond donors (Lipinski definition) is 2. The third-order valence-electron chi connectivity index (χ3n) is 1.06. The molecule has 70 valence electrons. The Morgan fingerprint density at radius 3 is 2.92 bits per heavy atom. The first kappa shape index (κ1) is 9.94. The molecule has 0 bridgehead atoms. The van der Waals surface area contributed by atoms with Crippen LogP contribution in [-0.4, -0.2) is 22.2 Å². The molecule has 1 heterocycles. The first-order valence-corrected chi connectivity index (χ1v) is 4.65. The molecule has 0 aliphatic heterocycles. The number of rotatable bonds is 2. The third kappa shape index (κ3) is 3.39. The van der Waals surface area contributed by atoms with Gasteiger partial charge in [0.2, 0.25) is 5.91 Å². The van der Waals surface area contributed by atoms with Gasteiger partial charge in [-0.3, -0.25) is 10.1 Å². The summed E-state index contributed by atoms with van der Waals surface area (Å²) in [7, 11) is 0. The van der Waals surface area contributed by atoms with Crippen LogP contribution in [0.1, 0.15) is 0 Å². The van der Waals surface area contributed by atoms with Gasteiger partial charge < -0.3 is 5.32 Å². The SMILES string of the molecule is O=C(CCl)NC(=O)Nc1cnsc1. The Labute approximate surface area is 83.3 Å². The third-order valence-corrected chi connectivity index (χ3v) is 1.89. The highest BCUT2D eigenvalue weighted by atomic mass is 35.5. The molecule has 1 aromatic rings. The van der Waals surface area contributed by atoms with Crippen LogP contribution in [0.25, 0.3) is 0 Å². The lowest BCUT2D eigenvalue weighted by Crippen LogP contribution is -2.34. The molecular weight excluding hydrogens is 214 g/mol. The summed E-state index contributed by atoms with van der Waals surface area (Å²) in [6, 6.07) is -0.606. The highest BCUT2D eigenvalue weighted by molar-refractivity contribution is 7.04. The number of hydrogen-bond acceptors (Lipinski definition) is 4. The molecule has 0 saturated carbocycles. The Morgan fingerprint density at radius 2 is 2.38 bits per heavy atom. The lowest BCUT2D eigenvalue weighted by molar-refractivity contribution is -0.117. The number of imide groups is 1. The van der Waals surface area contributed by atoms with E-state index in [2.05, 4.69) is 9.69 Å². The smallest absolute Gasteiger partial charge is 0.305 e. The molecule has 0 spiro atoms. The van der Waals surface area contributed by atoms with Gasteiger partial charge in [0.25, 0.3) is 0 Å². The first-order valence-electron chi connectivity index (χ1n) is 3.28. The molecule has 1 aromatic heterocycles. The van der Waals surface area contributed by atoms with E-state index in [0.29, 0.717) is 5.69 Å². The number of urea groups is 1. The molecular formula is C6H6ClN3O2S. The molecule has 2 N–H and O–H groups in total. The summed E-state index contributed by atoms with van der Waals surface area (Å²) in [5, 5.41) is 6.07. The van der Waals surface area contributed by atoms with E-state index < -0.39 is 11.9 Å². The summed E-state index contributed by atoms with van der Waals surface area (Å²) in [5.74, 6) is -0.780. The van der Waals surface area contributed by atoms with Crippen LogP contribution in [0.15, 0.2) is 11.6 Å². The van der Waals surface area contributed by atoms with Crippen LogP contribution >= 0.6 is 23.1 Å². The highest BCUT2D eigenvalue weighted by Crippen LogP contribution is 2.06. The second-order valence-corrected chi connectivity index (χ2v) is 2.97. The molecule has 0 fully saturated rings. The number of aromatic nitrogens is 1. The fourth-order valence-corrected chi connectivity index (χ4v) is 1.12. The van der Waals surface area contributed by atoms with Crippen LogP contribution in [-0.2, 0) is 4.79 Å². The predicted molar refractivity (Wildman–Crippen MR) is 50.0 cm³/mol. The molecule has 0 atom stereocenters. The van der Waals surface area contributed by atoms with Crippen LogP contribution < -0.4 is 10.6 Å². The summed E-state index contributed by atoms with van der Waals surface area (Å²) in [6.45, 7) is 0. The lowest BCUT2D eigenvalue weighted by atomic mass is 10.6. The van der Waals surface area contributed by atoms with E-state index in [1.165, 1.54) is 17.7 Å². The highest BCUT2D eigenvalue weighted by Gasteiger charge is 2.06. The minimum Gasteiger partial charge on any atom is -0.305 e. The van der Waals surface area contributed by atoms with Crippen molar-refractivity contribution >= 4 is 40.8 Å². The number of carbonyl (C=O) groups is 2. The zero-order valence-electron chi connectivity index (χ0n) is 6.41. The van der Waals surface area contributed by atoms with Crippen LogP contribution in [0.4, 0.5) is 10.5 Å². The summed E-state index contributed by atoms with van der Waals surface area (Å²) in [4.78, 5) is 21.6. The van der Waals surface area contributed by atoms with Crippen molar-refractivity contribution in [3.63, 3.8) is 0 Å². The Kier molecular flexibility index (Phi) is 3.66. The summed E-state index contributed by atoms with van der Waals surface area (Å²) in [6.07, 6.45) is 1.48. The van der Waals surface area contributed by atoms with Gasteiger partial charge in [-0.2, -0.15) is 4.37 Å². The van der Waals surface area contributed by atoms with Gasteiger partial charge in [-0.1, -0.05) is 0 Å². The minimum atomic E-state index is -0.606. The van der Waals surface area contributed by atoms with Crippen LogP contribution in [0.2, 0.25) is 0 Å². The van der Waals surface area contributed by atoms with Crippen molar-refractivity contribution in [2.45, 2.75) is 0 Å². The van der Waals surface area contributed by atoms with Gasteiger partial charge in [0.1, 0.15) is 5.88 Å². The maximum atomic E-state index is 11.0. The second kappa shape index (κ2) is 4.78. The number of carbonyl (C=O) groups excluding carboxylic acids is 2. The Balaban J connectivity index is 2.38. The topological polar surface area (TPSA) is 71.1 Å². The van der Waals surface area contributed by atoms with Gasteiger partial charge in [-0.25, -0.2) is 4.79 Å². The zero-order chi connectivity index (χ0) is 9.68. The van der Waals surface area contributed by atoms with Crippen LogP contribution in [0.5, 0.6) is 0 Å². The molecule has 5 nitrogen and oxygen atoms in total. The van der Waals surface area contributed by atoms with E-state index in [1.807, 2.05) is 5.32 Å². The molecule has 0 unspecified atom stereocenters. The average Bonchev–Trinajstić information content (AvgIpc) is 2.56. The number of nitrogens with one attached hydrogen (secondary N) is 2. The van der Waals surface area contributed by atoms with Crippen molar-refractivity contribution in [3.8, 4) is 0 Å². The van der Waals surface area contributed by atoms with Gasteiger partial charge in [0.05, 0.1) is 11.9 Å². The van der Waals surface area contributed by atoms with Gasteiger partial charge in [-0.05, 0) is 11.5 Å². The quantitative estimate of drug-likeness (QED) is 0.730. The van der Waals surface area contributed by atoms with Crippen LogP contribution in [0.3, 0.4) is 0 Å². The molecule has 3 amide bonds. The van der Waals surface area contributed by atoms with E-state index >= 15 is 0 Å². The van der Waals surface area contributed by atoms with Gasteiger partial charge in [-0.15, -0.1) is 11.6 Å². The number of anilines is 1.